The normalized spacial score (nSPS) is 11.4. The van der Waals surface area contributed by atoms with Gasteiger partial charge in [-0.25, -0.2) is 17.2 Å². The van der Waals surface area contributed by atoms with E-state index in [-0.39, 0.29) is 11.4 Å². The van der Waals surface area contributed by atoms with Crippen LogP contribution in [-0.4, -0.2) is 22.0 Å². The molecule has 0 saturated heterocycles. The van der Waals surface area contributed by atoms with Crippen molar-refractivity contribution in [3.8, 4) is 0 Å². The lowest BCUT2D eigenvalue weighted by atomic mass is 9.94. The maximum absolute atomic E-state index is 13.3. The van der Waals surface area contributed by atoms with Crippen molar-refractivity contribution in [2.45, 2.75) is 13.3 Å². The highest BCUT2D eigenvalue weighted by atomic mass is 32.2. The van der Waals surface area contributed by atoms with Crippen molar-refractivity contribution >= 4 is 29.0 Å². The summed E-state index contributed by atoms with van der Waals surface area (Å²) in [5.74, 6) is -2.15. The van der Waals surface area contributed by atoms with Crippen molar-refractivity contribution < 1.29 is 17.2 Å². The molecule has 0 heterocycles. The monoisotopic (exact) mass is 245 g/mol. The van der Waals surface area contributed by atoms with Crippen LogP contribution < -0.4 is 10.2 Å². The van der Waals surface area contributed by atoms with Gasteiger partial charge in [-0.3, -0.25) is 4.72 Å². The average Bonchev–Trinajstić information content (AvgIpc) is 2.19. The van der Waals surface area contributed by atoms with Gasteiger partial charge in [0, 0.05) is 0 Å². The Bertz CT molecular complexity index is 491. The summed E-state index contributed by atoms with van der Waals surface area (Å²) >= 11 is 0. The van der Waals surface area contributed by atoms with Crippen LogP contribution in [0.1, 0.15) is 13.3 Å². The Kier molecular flexibility index (Phi) is 3.90. The Labute approximate surface area is 94.3 Å². The predicted molar refractivity (Wildman–Crippen MR) is 59.4 cm³/mol. The zero-order valence-corrected chi connectivity index (χ0v) is 9.44. The zero-order chi connectivity index (χ0) is 12.3. The molecule has 0 fully saturated rings. The highest BCUT2D eigenvalue weighted by Crippen LogP contribution is 2.14. The van der Waals surface area contributed by atoms with E-state index >= 15 is 0 Å². The van der Waals surface area contributed by atoms with E-state index in [2.05, 4.69) is 0 Å². The third-order valence-electron chi connectivity index (χ3n) is 1.86. The van der Waals surface area contributed by atoms with Gasteiger partial charge in [0.25, 0.3) is 0 Å². The molecular weight excluding hydrogens is 235 g/mol. The van der Waals surface area contributed by atoms with Gasteiger partial charge in [0.15, 0.2) is 0 Å². The third-order valence-corrected chi connectivity index (χ3v) is 3.34. The van der Waals surface area contributed by atoms with E-state index < -0.39 is 27.1 Å². The van der Waals surface area contributed by atoms with Crippen LogP contribution >= 0.6 is 0 Å². The molecule has 7 heteroatoms. The van der Waals surface area contributed by atoms with Gasteiger partial charge < -0.3 is 0 Å². The summed E-state index contributed by atoms with van der Waals surface area (Å²) in [7, 11) is 1.49. The second-order valence-corrected chi connectivity index (χ2v) is 5.09. The molecule has 0 atom stereocenters. The topological polar surface area (TPSA) is 46.2 Å². The van der Waals surface area contributed by atoms with Gasteiger partial charge in [-0.2, -0.15) is 0 Å². The minimum absolute atomic E-state index is 0.135. The predicted octanol–water partition coefficient (Wildman–Crippen LogP) is 0.910. The van der Waals surface area contributed by atoms with E-state index in [1.165, 1.54) is 0 Å². The smallest absolute Gasteiger partial charge is 0.232 e. The molecule has 16 heavy (non-hydrogen) atoms. The van der Waals surface area contributed by atoms with Gasteiger partial charge in [-0.15, -0.1) is 0 Å². The number of hydrogen-bond donors (Lipinski definition) is 1. The second kappa shape index (κ2) is 4.82. The first-order valence-corrected chi connectivity index (χ1v) is 6.26. The highest BCUT2D eigenvalue weighted by molar-refractivity contribution is 7.92. The number of anilines is 1. The number of rotatable bonds is 4. The van der Waals surface area contributed by atoms with Crippen LogP contribution in [0, 0.1) is 11.6 Å². The molecule has 3 nitrogen and oxygen atoms in total. The van der Waals surface area contributed by atoms with Crippen LogP contribution in [-0.2, 0) is 10.0 Å². The first-order valence-electron chi connectivity index (χ1n) is 4.61. The molecule has 0 amide bonds. The Hall–Kier alpha value is -1.11. The second-order valence-electron chi connectivity index (χ2n) is 3.24. The lowest BCUT2D eigenvalue weighted by molar-refractivity contribution is 0.592. The number of hydrogen-bond acceptors (Lipinski definition) is 2. The van der Waals surface area contributed by atoms with Crippen LogP contribution in [0.3, 0.4) is 0 Å². The van der Waals surface area contributed by atoms with Crippen molar-refractivity contribution in [2.75, 3.05) is 10.5 Å². The Balaban J connectivity index is 3.04. The van der Waals surface area contributed by atoms with E-state index in [1.807, 2.05) is 4.72 Å². The van der Waals surface area contributed by atoms with Gasteiger partial charge in [0.1, 0.15) is 19.5 Å². The van der Waals surface area contributed by atoms with Crippen LogP contribution in [0.15, 0.2) is 12.1 Å². The van der Waals surface area contributed by atoms with Gasteiger partial charge >= 0.3 is 0 Å². The van der Waals surface area contributed by atoms with E-state index in [9.17, 15) is 17.2 Å². The molecule has 0 bridgehead atoms. The van der Waals surface area contributed by atoms with E-state index in [1.54, 1.807) is 6.92 Å². The molecular formula is C9H10BF2NO2S. The Morgan fingerprint density at radius 3 is 2.56 bits per heavy atom. The van der Waals surface area contributed by atoms with Gasteiger partial charge in [-0.05, 0) is 24.0 Å². The van der Waals surface area contributed by atoms with E-state index in [0.29, 0.717) is 6.42 Å². The molecule has 1 N–H and O–H groups in total. The summed E-state index contributed by atoms with van der Waals surface area (Å²) in [4.78, 5) is 0. The summed E-state index contributed by atoms with van der Waals surface area (Å²) in [5, 5.41) is 0. The molecule has 0 aliphatic rings. The van der Waals surface area contributed by atoms with Crippen LogP contribution in [0.5, 0.6) is 0 Å². The molecule has 86 valence electrons. The first kappa shape index (κ1) is 13.0. The van der Waals surface area contributed by atoms with E-state index in [0.717, 1.165) is 12.1 Å². The van der Waals surface area contributed by atoms with Crippen molar-refractivity contribution in [3.05, 3.63) is 23.8 Å². The molecule has 0 aliphatic heterocycles. The van der Waals surface area contributed by atoms with Crippen molar-refractivity contribution in [1.82, 2.24) is 0 Å². The van der Waals surface area contributed by atoms with Crippen molar-refractivity contribution in [1.29, 1.82) is 0 Å². The standard InChI is InChI=1S/C9H10BF2NO2S/c1-2-5-16(14,15)13-7-4-3-6(11)8(10)9(7)12/h3-4,13H,2,5H2,1H3. The summed E-state index contributed by atoms with van der Waals surface area (Å²) in [6, 6.07) is 1.90. The van der Waals surface area contributed by atoms with Crippen LogP contribution in [0.25, 0.3) is 0 Å². The van der Waals surface area contributed by atoms with Crippen molar-refractivity contribution in [2.24, 2.45) is 0 Å². The minimum atomic E-state index is -3.60. The lowest BCUT2D eigenvalue weighted by Crippen LogP contribution is -2.21. The number of sulfonamides is 1. The fourth-order valence-corrected chi connectivity index (χ4v) is 2.27. The van der Waals surface area contributed by atoms with Gasteiger partial charge in [0.2, 0.25) is 10.0 Å². The van der Waals surface area contributed by atoms with Crippen LogP contribution in [0.2, 0.25) is 0 Å². The largest absolute Gasteiger partial charge is 0.281 e. The maximum Gasteiger partial charge on any atom is 0.232 e. The number of nitrogens with one attached hydrogen (secondary N) is 1. The molecule has 0 saturated carbocycles. The molecule has 0 unspecified atom stereocenters. The van der Waals surface area contributed by atoms with Gasteiger partial charge in [0.05, 0.1) is 11.4 Å². The van der Waals surface area contributed by atoms with Crippen molar-refractivity contribution in [3.63, 3.8) is 0 Å². The molecule has 1 aromatic rings. The SMILES string of the molecule is [B]c1c(F)ccc(NS(=O)(=O)CCC)c1F. The summed E-state index contributed by atoms with van der Waals surface area (Å²) in [5.41, 5.74) is -1.04. The molecule has 0 aromatic heterocycles. The average molecular weight is 245 g/mol. The molecule has 0 spiro atoms. The minimum Gasteiger partial charge on any atom is -0.281 e. The van der Waals surface area contributed by atoms with Gasteiger partial charge in [-0.1, -0.05) is 6.92 Å². The molecule has 2 radical (unpaired) electrons. The number of halogens is 2. The quantitative estimate of drug-likeness (QED) is 0.801. The maximum atomic E-state index is 13.3. The van der Waals surface area contributed by atoms with Crippen LogP contribution in [0.4, 0.5) is 14.5 Å². The summed E-state index contributed by atoms with van der Waals surface area (Å²) in [6.07, 6.45) is 0.396. The molecule has 0 aliphatic carbocycles. The fraction of sp³-hybridized carbons (Fsp3) is 0.333. The fourth-order valence-electron chi connectivity index (χ4n) is 1.14. The molecule has 1 rings (SSSR count). The highest BCUT2D eigenvalue weighted by Gasteiger charge is 2.14. The zero-order valence-electron chi connectivity index (χ0n) is 8.63. The summed E-state index contributed by atoms with van der Waals surface area (Å²) < 4.78 is 50.8. The lowest BCUT2D eigenvalue weighted by Gasteiger charge is -2.09. The summed E-state index contributed by atoms with van der Waals surface area (Å²) in [6.45, 7) is 1.68. The molecule has 1 aromatic carbocycles. The van der Waals surface area contributed by atoms with E-state index in [4.69, 9.17) is 7.85 Å². The Morgan fingerprint density at radius 1 is 1.38 bits per heavy atom. The number of benzene rings is 1. The first-order chi connectivity index (χ1) is 7.37. The third kappa shape index (κ3) is 2.94. The Morgan fingerprint density at radius 2 is 2.00 bits per heavy atom.